The van der Waals surface area contributed by atoms with Gasteiger partial charge < -0.3 is 23.7 Å². The van der Waals surface area contributed by atoms with Gasteiger partial charge in [0, 0.05) is 0 Å². The zero-order valence-electron chi connectivity index (χ0n) is 21.2. The van der Waals surface area contributed by atoms with Gasteiger partial charge in [0.05, 0.1) is 26.4 Å². The van der Waals surface area contributed by atoms with Crippen LogP contribution < -0.4 is 18.9 Å². The van der Waals surface area contributed by atoms with Crippen LogP contribution in [0.25, 0.3) is 0 Å². The molecule has 0 aliphatic rings. The smallest absolute Gasteiger partial charge is 0.338 e. The third-order valence-corrected chi connectivity index (χ3v) is 5.55. The van der Waals surface area contributed by atoms with Gasteiger partial charge in [0.1, 0.15) is 19.0 Å². The molecule has 0 heterocycles. The fourth-order valence-corrected chi connectivity index (χ4v) is 3.56. The summed E-state index contributed by atoms with van der Waals surface area (Å²) in [5.41, 5.74) is 1.55. The van der Waals surface area contributed by atoms with E-state index in [0.29, 0.717) is 42.6 Å². The van der Waals surface area contributed by atoms with Gasteiger partial charge in [-0.3, -0.25) is 0 Å². The van der Waals surface area contributed by atoms with Crippen LogP contribution in [0.2, 0.25) is 0 Å². The van der Waals surface area contributed by atoms with Crippen LogP contribution in [0.3, 0.4) is 0 Å². The Balaban J connectivity index is 1.82. The summed E-state index contributed by atoms with van der Waals surface area (Å²) >= 11 is 0. The molecule has 0 fully saturated rings. The number of rotatable bonds is 17. The molecule has 6 heteroatoms. The molecule has 2 aromatic carbocycles. The number of carbonyl (C=O) groups is 1. The van der Waals surface area contributed by atoms with Crippen LogP contribution in [0.4, 0.5) is 0 Å². The highest BCUT2D eigenvalue weighted by Crippen LogP contribution is 2.38. The van der Waals surface area contributed by atoms with Crippen molar-refractivity contribution in [3.8, 4) is 23.0 Å². The Morgan fingerprint density at radius 3 is 1.88 bits per heavy atom. The van der Waals surface area contributed by atoms with Crippen LogP contribution in [0.5, 0.6) is 23.0 Å². The number of carbonyl (C=O) groups excluding carboxylic acids is 1. The molecule has 0 radical (unpaired) electrons. The molecule has 6 nitrogen and oxygen atoms in total. The van der Waals surface area contributed by atoms with Gasteiger partial charge in [-0.1, -0.05) is 69.6 Å². The topological polar surface area (TPSA) is 63.2 Å². The van der Waals surface area contributed by atoms with Crippen molar-refractivity contribution in [2.24, 2.45) is 0 Å². The van der Waals surface area contributed by atoms with Crippen LogP contribution >= 0.6 is 0 Å². The van der Waals surface area contributed by atoms with Crippen molar-refractivity contribution in [3.63, 3.8) is 0 Å². The van der Waals surface area contributed by atoms with E-state index in [4.69, 9.17) is 23.7 Å². The highest BCUT2D eigenvalue weighted by molar-refractivity contribution is 5.91. The number of hydrogen-bond acceptors (Lipinski definition) is 6. The maximum absolute atomic E-state index is 12.5. The predicted molar refractivity (Wildman–Crippen MR) is 135 cm³/mol. The minimum Gasteiger partial charge on any atom is -0.493 e. The van der Waals surface area contributed by atoms with Crippen LogP contribution in [0, 0.1) is 6.92 Å². The first-order valence-electron chi connectivity index (χ1n) is 12.3. The molecule has 0 N–H and O–H groups in total. The van der Waals surface area contributed by atoms with Gasteiger partial charge in [0.15, 0.2) is 11.5 Å². The van der Waals surface area contributed by atoms with Gasteiger partial charge in [-0.05, 0) is 37.6 Å². The number of methoxy groups -OCH3 is 2. The monoisotopic (exact) mass is 472 g/mol. The van der Waals surface area contributed by atoms with E-state index in [0.717, 1.165) is 18.6 Å². The van der Waals surface area contributed by atoms with E-state index in [-0.39, 0.29) is 0 Å². The van der Waals surface area contributed by atoms with Gasteiger partial charge in [-0.25, -0.2) is 4.79 Å². The molecular formula is C28H40O6. The summed E-state index contributed by atoms with van der Waals surface area (Å²) in [7, 11) is 3.06. The Kier molecular flexibility index (Phi) is 12.8. The minimum absolute atomic E-state index is 0.294. The van der Waals surface area contributed by atoms with Gasteiger partial charge in [-0.15, -0.1) is 0 Å². The molecule has 2 rings (SSSR count). The first-order chi connectivity index (χ1) is 16.6. The second kappa shape index (κ2) is 15.9. The highest BCUT2D eigenvalue weighted by atomic mass is 16.6. The lowest BCUT2D eigenvalue weighted by Gasteiger charge is -2.16. The Labute approximate surface area is 204 Å². The molecule has 0 unspecified atom stereocenters. The maximum Gasteiger partial charge on any atom is 0.338 e. The van der Waals surface area contributed by atoms with Gasteiger partial charge in [0.25, 0.3) is 0 Å². The number of unbranched alkanes of at least 4 members (excludes halogenated alkanes) is 7. The number of aryl methyl sites for hydroxylation is 1. The van der Waals surface area contributed by atoms with Crippen LogP contribution in [0.15, 0.2) is 36.4 Å². The van der Waals surface area contributed by atoms with Crippen molar-refractivity contribution in [1.29, 1.82) is 0 Å². The summed E-state index contributed by atoms with van der Waals surface area (Å²) in [6.07, 6.45) is 9.56. The van der Waals surface area contributed by atoms with Crippen molar-refractivity contribution in [2.45, 2.75) is 65.2 Å². The molecule has 0 aliphatic heterocycles. The molecule has 188 valence electrons. The fraction of sp³-hybridized carbons (Fsp3) is 0.536. The molecular weight excluding hydrogens is 432 g/mol. The summed E-state index contributed by atoms with van der Waals surface area (Å²) in [4.78, 5) is 12.5. The van der Waals surface area contributed by atoms with Gasteiger partial charge >= 0.3 is 5.97 Å². The van der Waals surface area contributed by atoms with Crippen molar-refractivity contribution >= 4 is 5.97 Å². The SMILES string of the molecule is CCCCCCCCCCOC(=O)c1cc(OC)c(OCCOc2ccc(C)cc2)c(OC)c1. The van der Waals surface area contributed by atoms with Crippen molar-refractivity contribution in [2.75, 3.05) is 34.0 Å². The predicted octanol–water partition coefficient (Wildman–Crippen LogP) is 6.77. The Bertz CT molecular complexity index is 821. The van der Waals surface area contributed by atoms with E-state index < -0.39 is 5.97 Å². The summed E-state index contributed by atoms with van der Waals surface area (Å²) < 4.78 is 27.9. The molecule has 34 heavy (non-hydrogen) atoms. The molecule has 0 amide bonds. The van der Waals surface area contributed by atoms with E-state index in [9.17, 15) is 4.79 Å². The second-order valence-electron chi connectivity index (χ2n) is 8.33. The van der Waals surface area contributed by atoms with Crippen LogP contribution in [-0.4, -0.2) is 40.0 Å². The molecule has 2 aromatic rings. The normalized spacial score (nSPS) is 10.6. The summed E-state index contributed by atoms with van der Waals surface area (Å²) in [5.74, 6) is 1.64. The van der Waals surface area contributed by atoms with Crippen molar-refractivity contribution < 1.29 is 28.5 Å². The molecule has 0 saturated heterocycles. The van der Waals surface area contributed by atoms with Gasteiger partial charge in [0.2, 0.25) is 5.75 Å². The lowest BCUT2D eigenvalue weighted by Crippen LogP contribution is -2.11. The summed E-state index contributed by atoms with van der Waals surface area (Å²) in [6.45, 7) is 5.32. The molecule has 0 atom stereocenters. The molecule has 0 spiro atoms. The molecule has 0 aromatic heterocycles. The highest BCUT2D eigenvalue weighted by Gasteiger charge is 2.18. The standard InChI is InChI=1S/C28H40O6/c1-5-6-7-8-9-10-11-12-17-34-28(29)23-20-25(30-3)27(26(21-23)31-4)33-19-18-32-24-15-13-22(2)14-16-24/h13-16,20-21H,5-12,17-19H2,1-4H3. The fourth-order valence-electron chi connectivity index (χ4n) is 3.56. The zero-order chi connectivity index (χ0) is 24.6. The van der Waals surface area contributed by atoms with Crippen LogP contribution in [-0.2, 0) is 4.74 Å². The maximum atomic E-state index is 12.5. The first-order valence-corrected chi connectivity index (χ1v) is 12.3. The number of hydrogen-bond donors (Lipinski definition) is 0. The number of esters is 1. The van der Waals surface area contributed by atoms with Crippen LogP contribution in [0.1, 0.15) is 74.2 Å². The van der Waals surface area contributed by atoms with Crippen molar-refractivity contribution in [3.05, 3.63) is 47.5 Å². The first kappa shape index (κ1) is 27.4. The Hall–Kier alpha value is -2.89. The zero-order valence-corrected chi connectivity index (χ0v) is 21.2. The van der Waals surface area contributed by atoms with E-state index in [2.05, 4.69) is 6.92 Å². The Morgan fingerprint density at radius 1 is 0.735 bits per heavy atom. The molecule has 0 aliphatic carbocycles. The van der Waals surface area contributed by atoms with Gasteiger partial charge in [-0.2, -0.15) is 0 Å². The molecule has 0 saturated carbocycles. The summed E-state index contributed by atoms with van der Waals surface area (Å²) in [5, 5.41) is 0. The largest absolute Gasteiger partial charge is 0.493 e. The third kappa shape index (κ3) is 9.54. The van der Waals surface area contributed by atoms with E-state index in [1.54, 1.807) is 12.1 Å². The summed E-state index contributed by atoms with van der Waals surface area (Å²) in [6, 6.07) is 11.1. The average molecular weight is 473 g/mol. The van der Waals surface area contributed by atoms with E-state index >= 15 is 0 Å². The number of benzene rings is 2. The molecule has 0 bridgehead atoms. The average Bonchev–Trinajstić information content (AvgIpc) is 2.86. The number of ether oxygens (including phenoxy) is 5. The quantitative estimate of drug-likeness (QED) is 0.187. The third-order valence-electron chi connectivity index (χ3n) is 5.55. The lowest BCUT2D eigenvalue weighted by atomic mass is 10.1. The van der Waals surface area contributed by atoms with Crippen molar-refractivity contribution in [1.82, 2.24) is 0 Å². The lowest BCUT2D eigenvalue weighted by molar-refractivity contribution is 0.0496. The van der Waals surface area contributed by atoms with E-state index in [1.165, 1.54) is 58.3 Å². The minimum atomic E-state index is -0.395. The van der Waals surface area contributed by atoms with E-state index in [1.807, 2.05) is 31.2 Å². The second-order valence-corrected chi connectivity index (χ2v) is 8.33. The Morgan fingerprint density at radius 2 is 1.29 bits per heavy atom.